The number of nitrogens with zero attached hydrogens (tertiary/aromatic N) is 2. The van der Waals surface area contributed by atoms with Crippen LogP contribution < -0.4 is 10.1 Å². The fourth-order valence-electron chi connectivity index (χ4n) is 2.22. The average molecular weight is 273 g/mol. The second-order valence-corrected chi connectivity index (χ2v) is 5.32. The van der Waals surface area contributed by atoms with Crippen molar-refractivity contribution in [1.29, 1.82) is 5.26 Å². The highest BCUT2D eigenvalue weighted by molar-refractivity contribution is 5.89. The summed E-state index contributed by atoms with van der Waals surface area (Å²) in [5.41, 5.74) is 0.412. The van der Waals surface area contributed by atoms with E-state index in [2.05, 4.69) is 11.4 Å². The Balaban J connectivity index is 1.94. The molecule has 0 unspecified atom stereocenters. The predicted molar refractivity (Wildman–Crippen MR) is 76.5 cm³/mol. The van der Waals surface area contributed by atoms with Crippen LogP contribution in [0.25, 0.3) is 0 Å². The summed E-state index contributed by atoms with van der Waals surface area (Å²) in [6.45, 7) is 3.17. The standard InChI is InChI=1S/C15H19N3O2/c1-15(11-16)6-8-18(9-7-15)14(19)17-12-4-3-5-13(10-12)20-2/h3-5,10H,6-9H2,1-2H3,(H,17,19). The van der Waals surface area contributed by atoms with Gasteiger partial charge in [0.1, 0.15) is 5.75 Å². The molecule has 0 saturated carbocycles. The minimum atomic E-state index is -0.299. The number of piperidine rings is 1. The van der Waals surface area contributed by atoms with Crippen LogP contribution >= 0.6 is 0 Å². The summed E-state index contributed by atoms with van der Waals surface area (Å²) in [6.07, 6.45) is 1.43. The Bertz CT molecular complexity index is 528. The second kappa shape index (κ2) is 5.83. The van der Waals surface area contributed by atoms with E-state index in [4.69, 9.17) is 10.00 Å². The van der Waals surface area contributed by atoms with Gasteiger partial charge in [-0.15, -0.1) is 0 Å². The molecule has 1 aliphatic rings. The zero-order chi connectivity index (χ0) is 14.6. The predicted octanol–water partition coefficient (Wildman–Crippen LogP) is 2.85. The molecule has 0 aromatic heterocycles. The number of carbonyl (C=O) groups is 1. The van der Waals surface area contributed by atoms with E-state index in [1.165, 1.54) is 0 Å². The lowest BCUT2D eigenvalue weighted by Gasteiger charge is -2.34. The third-order valence-electron chi connectivity index (χ3n) is 3.75. The van der Waals surface area contributed by atoms with E-state index in [9.17, 15) is 4.79 Å². The lowest BCUT2D eigenvalue weighted by molar-refractivity contribution is 0.166. The van der Waals surface area contributed by atoms with Crippen molar-refractivity contribution in [3.63, 3.8) is 0 Å². The van der Waals surface area contributed by atoms with E-state index in [0.717, 1.165) is 12.8 Å². The molecule has 0 aliphatic carbocycles. The molecule has 1 saturated heterocycles. The van der Waals surface area contributed by atoms with Gasteiger partial charge in [0.05, 0.1) is 18.6 Å². The number of amides is 2. The Morgan fingerprint density at radius 3 is 2.75 bits per heavy atom. The van der Waals surface area contributed by atoms with Gasteiger partial charge in [-0.1, -0.05) is 6.07 Å². The summed E-state index contributed by atoms with van der Waals surface area (Å²) in [6, 6.07) is 9.46. The first-order valence-electron chi connectivity index (χ1n) is 6.67. The maximum atomic E-state index is 12.2. The van der Waals surface area contributed by atoms with Crippen LogP contribution in [0, 0.1) is 16.7 Å². The van der Waals surface area contributed by atoms with Gasteiger partial charge in [-0.2, -0.15) is 5.26 Å². The second-order valence-electron chi connectivity index (χ2n) is 5.32. The molecule has 5 nitrogen and oxygen atoms in total. The first kappa shape index (κ1) is 14.2. The number of hydrogen-bond acceptors (Lipinski definition) is 3. The Kier molecular flexibility index (Phi) is 4.14. The summed E-state index contributed by atoms with van der Waals surface area (Å²) in [7, 11) is 1.59. The van der Waals surface area contributed by atoms with Crippen molar-refractivity contribution in [3.8, 4) is 11.8 Å². The Labute approximate surface area is 119 Å². The average Bonchev–Trinajstić information content (AvgIpc) is 2.48. The molecule has 1 N–H and O–H groups in total. The van der Waals surface area contributed by atoms with E-state index in [-0.39, 0.29) is 11.4 Å². The van der Waals surface area contributed by atoms with Crippen LogP contribution in [0.5, 0.6) is 5.75 Å². The molecule has 20 heavy (non-hydrogen) atoms. The monoisotopic (exact) mass is 273 g/mol. The number of nitrogens with one attached hydrogen (secondary N) is 1. The van der Waals surface area contributed by atoms with Crippen LogP contribution in [0.3, 0.4) is 0 Å². The van der Waals surface area contributed by atoms with Crippen molar-refractivity contribution in [1.82, 2.24) is 4.90 Å². The largest absolute Gasteiger partial charge is 0.497 e. The molecule has 0 bridgehead atoms. The molecule has 106 valence electrons. The van der Waals surface area contributed by atoms with Crippen LogP contribution in [-0.2, 0) is 0 Å². The van der Waals surface area contributed by atoms with Crippen molar-refractivity contribution in [2.45, 2.75) is 19.8 Å². The topological polar surface area (TPSA) is 65.4 Å². The van der Waals surface area contributed by atoms with Crippen LogP contribution in [0.2, 0.25) is 0 Å². The number of hydrogen-bond donors (Lipinski definition) is 1. The van der Waals surface area contributed by atoms with Crippen LogP contribution in [0.15, 0.2) is 24.3 Å². The molecule has 2 rings (SSSR count). The van der Waals surface area contributed by atoms with Crippen LogP contribution in [0.1, 0.15) is 19.8 Å². The van der Waals surface area contributed by atoms with Crippen molar-refractivity contribution in [2.24, 2.45) is 5.41 Å². The minimum absolute atomic E-state index is 0.127. The first-order valence-corrected chi connectivity index (χ1v) is 6.67. The molecule has 1 aliphatic heterocycles. The number of carbonyl (C=O) groups excluding carboxylic acids is 1. The van der Waals surface area contributed by atoms with Crippen LogP contribution in [-0.4, -0.2) is 31.1 Å². The highest BCUT2D eigenvalue weighted by atomic mass is 16.5. The lowest BCUT2D eigenvalue weighted by Crippen LogP contribution is -2.43. The van der Waals surface area contributed by atoms with Gasteiger partial charge in [-0.3, -0.25) is 0 Å². The maximum absolute atomic E-state index is 12.2. The van der Waals surface area contributed by atoms with E-state index >= 15 is 0 Å². The highest BCUT2D eigenvalue weighted by Crippen LogP contribution is 2.30. The van der Waals surface area contributed by atoms with Crippen molar-refractivity contribution in [2.75, 3.05) is 25.5 Å². The molecular weight excluding hydrogens is 254 g/mol. The lowest BCUT2D eigenvalue weighted by atomic mass is 9.82. The van der Waals surface area contributed by atoms with Crippen LogP contribution in [0.4, 0.5) is 10.5 Å². The van der Waals surface area contributed by atoms with Gasteiger partial charge in [0.2, 0.25) is 0 Å². The fraction of sp³-hybridized carbons (Fsp3) is 0.467. The number of methoxy groups -OCH3 is 1. The SMILES string of the molecule is COc1cccc(NC(=O)N2CCC(C)(C#N)CC2)c1. The molecule has 5 heteroatoms. The van der Waals surface area contributed by atoms with Gasteiger partial charge in [0.15, 0.2) is 0 Å². The molecule has 2 amide bonds. The quantitative estimate of drug-likeness (QED) is 0.901. The number of likely N-dealkylation sites (tertiary alicyclic amines) is 1. The molecule has 1 heterocycles. The van der Waals surface area contributed by atoms with Crippen molar-refractivity contribution >= 4 is 11.7 Å². The van der Waals surface area contributed by atoms with Crippen molar-refractivity contribution in [3.05, 3.63) is 24.3 Å². The molecule has 1 aromatic rings. The summed E-state index contributed by atoms with van der Waals surface area (Å²) >= 11 is 0. The Morgan fingerprint density at radius 2 is 2.15 bits per heavy atom. The molecule has 0 spiro atoms. The summed E-state index contributed by atoms with van der Waals surface area (Å²) < 4.78 is 5.12. The number of ether oxygens (including phenoxy) is 1. The molecular formula is C15H19N3O2. The van der Waals surface area contributed by atoms with E-state index in [0.29, 0.717) is 24.5 Å². The smallest absolute Gasteiger partial charge is 0.321 e. The summed E-state index contributed by atoms with van der Waals surface area (Å²) in [4.78, 5) is 13.9. The number of rotatable bonds is 2. The number of urea groups is 1. The number of benzene rings is 1. The van der Waals surface area contributed by atoms with Gasteiger partial charge >= 0.3 is 6.03 Å². The van der Waals surface area contributed by atoms with Crippen molar-refractivity contribution < 1.29 is 9.53 Å². The maximum Gasteiger partial charge on any atom is 0.321 e. The molecule has 1 aromatic carbocycles. The highest BCUT2D eigenvalue weighted by Gasteiger charge is 2.31. The third-order valence-corrected chi connectivity index (χ3v) is 3.75. The van der Waals surface area contributed by atoms with Gasteiger partial charge < -0.3 is 15.0 Å². The van der Waals surface area contributed by atoms with Gasteiger partial charge in [-0.25, -0.2) is 4.79 Å². The molecule has 1 fully saturated rings. The van der Waals surface area contributed by atoms with Gasteiger partial charge in [0, 0.05) is 24.8 Å². The first-order chi connectivity index (χ1) is 9.56. The van der Waals surface area contributed by atoms with Gasteiger partial charge in [-0.05, 0) is 31.9 Å². The molecule has 0 radical (unpaired) electrons. The normalized spacial score (nSPS) is 17.1. The van der Waals surface area contributed by atoms with E-state index in [1.54, 1.807) is 18.1 Å². The summed E-state index contributed by atoms with van der Waals surface area (Å²) in [5.74, 6) is 0.707. The fourth-order valence-corrected chi connectivity index (χ4v) is 2.22. The number of nitriles is 1. The minimum Gasteiger partial charge on any atom is -0.497 e. The third kappa shape index (κ3) is 3.21. The Morgan fingerprint density at radius 1 is 1.45 bits per heavy atom. The van der Waals surface area contributed by atoms with Gasteiger partial charge in [0.25, 0.3) is 0 Å². The zero-order valence-corrected chi connectivity index (χ0v) is 11.8. The summed E-state index contributed by atoms with van der Waals surface area (Å²) in [5, 5.41) is 11.9. The Hall–Kier alpha value is -2.22. The van der Waals surface area contributed by atoms with E-state index < -0.39 is 0 Å². The van der Waals surface area contributed by atoms with E-state index in [1.807, 2.05) is 25.1 Å². The zero-order valence-electron chi connectivity index (χ0n) is 11.8. The molecule has 0 atom stereocenters. The number of anilines is 1.